The molecule has 1 amide bonds. The van der Waals surface area contributed by atoms with E-state index in [1.54, 1.807) is 30.3 Å². The molecule has 0 unspecified atom stereocenters. The maximum Gasteiger partial charge on any atom is 0.343 e. The maximum atomic E-state index is 12.5. The molecule has 0 bridgehead atoms. The van der Waals surface area contributed by atoms with Crippen molar-refractivity contribution in [3.8, 4) is 17.2 Å². The largest absolute Gasteiger partial charge is 0.507 e. The molecule has 0 saturated heterocycles. The highest BCUT2D eigenvalue weighted by Gasteiger charge is 2.17. The Morgan fingerprint density at radius 1 is 1.00 bits per heavy atom. The number of aryl methyl sites for hydroxylation is 1. The lowest BCUT2D eigenvalue weighted by Gasteiger charge is -2.12. The molecule has 2 N–H and O–H groups in total. The number of carbonyl (C=O) groups excluding carboxylic acids is 2. The maximum absolute atomic E-state index is 12.5. The van der Waals surface area contributed by atoms with Gasteiger partial charge in [-0.2, -0.15) is 5.10 Å². The van der Waals surface area contributed by atoms with Crippen LogP contribution < -0.4 is 14.9 Å². The molecule has 35 heavy (non-hydrogen) atoms. The summed E-state index contributed by atoms with van der Waals surface area (Å²) in [6.07, 6.45) is 1.41. The number of fused-ring (bicyclic) bond motifs is 1. The van der Waals surface area contributed by atoms with Gasteiger partial charge in [0.1, 0.15) is 5.75 Å². The van der Waals surface area contributed by atoms with Crippen molar-refractivity contribution in [2.75, 3.05) is 7.11 Å². The predicted octanol–water partition coefficient (Wildman–Crippen LogP) is 5.61. The van der Waals surface area contributed by atoms with E-state index in [2.05, 4.69) is 26.5 Å². The molecule has 0 radical (unpaired) electrons. The number of methoxy groups -OCH3 is 1. The molecule has 176 valence electrons. The number of halogens is 1. The third kappa shape index (κ3) is 5.50. The van der Waals surface area contributed by atoms with Gasteiger partial charge in [-0.15, -0.1) is 0 Å². The number of nitrogens with zero attached hydrogens (tertiary/aromatic N) is 1. The van der Waals surface area contributed by atoms with Gasteiger partial charge in [0.05, 0.1) is 28.9 Å². The van der Waals surface area contributed by atoms with Crippen LogP contribution in [0.5, 0.6) is 17.2 Å². The smallest absolute Gasteiger partial charge is 0.343 e. The average molecular weight is 533 g/mol. The van der Waals surface area contributed by atoms with E-state index in [1.807, 2.05) is 43.3 Å². The molecule has 0 fully saturated rings. The van der Waals surface area contributed by atoms with Gasteiger partial charge in [-0.3, -0.25) is 4.79 Å². The number of nitrogens with one attached hydrogen (secondary N) is 1. The molecule has 4 rings (SSSR count). The van der Waals surface area contributed by atoms with Crippen LogP contribution in [0.15, 0.2) is 82.4 Å². The van der Waals surface area contributed by atoms with Gasteiger partial charge in [-0.05, 0) is 75.6 Å². The van der Waals surface area contributed by atoms with Crippen molar-refractivity contribution in [1.29, 1.82) is 0 Å². The predicted molar refractivity (Wildman–Crippen MR) is 138 cm³/mol. The third-order valence-corrected chi connectivity index (χ3v) is 5.81. The van der Waals surface area contributed by atoms with E-state index in [-0.39, 0.29) is 17.1 Å². The number of phenols is 1. The van der Waals surface area contributed by atoms with Crippen LogP contribution in [0.4, 0.5) is 0 Å². The number of ether oxygens (including phenoxy) is 2. The second kappa shape index (κ2) is 10.4. The van der Waals surface area contributed by atoms with Crippen LogP contribution in [-0.4, -0.2) is 30.3 Å². The van der Waals surface area contributed by atoms with Gasteiger partial charge in [0, 0.05) is 0 Å². The fraction of sp³-hybridized carbons (Fsp3) is 0.0741. The van der Waals surface area contributed by atoms with Crippen LogP contribution in [0.25, 0.3) is 10.8 Å². The first kappa shape index (κ1) is 24.0. The topological polar surface area (TPSA) is 97.2 Å². The summed E-state index contributed by atoms with van der Waals surface area (Å²) in [7, 11) is 1.45. The fourth-order valence-corrected chi connectivity index (χ4v) is 3.93. The molecule has 0 aromatic heterocycles. The molecular formula is C27H21BrN2O5. The van der Waals surface area contributed by atoms with Crippen molar-refractivity contribution < 1.29 is 24.2 Å². The Labute approximate surface area is 210 Å². The number of esters is 1. The standard InChI is InChI=1S/C27H21BrN2O5/c1-16-7-9-18(10-8-16)27(33)35-25-22(28)11-17(12-24(25)34-2)15-29-30-26(32)21-13-19-5-3-4-6-20(19)14-23(21)31/h3-15,31H,1-2H3,(H,30,32)/b29-15+. The van der Waals surface area contributed by atoms with Crippen molar-refractivity contribution in [2.45, 2.75) is 6.92 Å². The minimum Gasteiger partial charge on any atom is -0.507 e. The van der Waals surface area contributed by atoms with E-state index >= 15 is 0 Å². The Hall–Kier alpha value is -4.17. The molecule has 4 aromatic rings. The molecule has 0 aliphatic carbocycles. The number of carbonyl (C=O) groups is 2. The minimum absolute atomic E-state index is 0.109. The van der Waals surface area contributed by atoms with E-state index in [0.717, 1.165) is 16.3 Å². The number of rotatable bonds is 6. The Balaban J connectivity index is 1.49. The Kier molecular flexibility index (Phi) is 7.12. The normalized spacial score (nSPS) is 10.9. The SMILES string of the molecule is COc1cc(/C=N/NC(=O)c2cc3ccccc3cc2O)cc(Br)c1OC(=O)c1ccc(C)cc1. The Morgan fingerprint density at radius 2 is 1.69 bits per heavy atom. The molecule has 0 aliphatic heterocycles. The van der Waals surface area contributed by atoms with E-state index in [0.29, 0.717) is 21.3 Å². The second-order valence-corrected chi connectivity index (χ2v) is 8.56. The van der Waals surface area contributed by atoms with Crippen LogP contribution in [0.2, 0.25) is 0 Å². The summed E-state index contributed by atoms with van der Waals surface area (Å²) in [5.41, 5.74) is 4.54. The van der Waals surface area contributed by atoms with Crippen LogP contribution in [0, 0.1) is 6.92 Å². The van der Waals surface area contributed by atoms with Gasteiger partial charge in [-0.25, -0.2) is 10.2 Å². The van der Waals surface area contributed by atoms with Crippen molar-refractivity contribution in [3.63, 3.8) is 0 Å². The van der Waals surface area contributed by atoms with E-state index in [1.165, 1.54) is 19.4 Å². The number of aromatic hydroxyl groups is 1. The average Bonchev–Trinajstić information content (AvgIpc) is 2.85. The van der Waals surface area contributed by atoms with Crippen LogP contribution >= 0.6 is 15.9 Å². The van der Waals surface area contributed by atoms with E-state index in [9.17, 15) is 14.7 Å². The molecule has 8 heteroatoms. The van der Waals surface area contributed by atoms with E-state index < -0.39 is 11.9 Å². The molecular weight excluding hydrogens is 512 g/mol. The van der Waals surface area contributed by atoms with Gasteiger partial charge in [-0.1, -0.05) is 42.0 Å². The van der Waals surface area contributed by atoms with Crippen LogP contribution in [-0.2, 0) is 0 Å². The highest BCUT2D eigenvalue weighted by molar-refractivity contribution is 9.10. The van der Waals surface area contributed by atoms with Gasteiger partial charge in [0.25, 0.3) is 5.91 Å². The van der Waals surface area contributed by atoms with Gasteiger partial charge in [0.15, 0.2) is 11.5 Å². The molecule has 0 aliphatic rings. The zero-order valence-electron chi connectivity index (χ0n) is 18.9. The lowest BCUT2D eigenvalue weighted by molar-refractivity contribution is 0.0728. The molecule has 0 heterocycles. The van der Waals surface area contributed by atoms with Crippen LogP contribution in [0.3, 0.4) is 0 Å². The van der Waals surface area contributed by atoms with Crippen molar-refractivity contribution in [3.05, 3.63) is 99.5 Å². The Morgan fingerprint density at radius 3 is 2.37 bits per heavy atom. The van der Waals surface area contributed by atoms with Gasteiger partial charge in [0.2, 0.25) is 0 Å². The molecule has 0 saturated carbocycles. The van der Waals surface area contributed by atoms with Gasteiger partial charge < -0.3 is 14.6 Å². The summed E-state index contributed by atoms with van der Waals surface area (Å²) >= 11 is 3.40. The zero-order valence-corrected chi connectivity index (χ0v) is 20.5. The molecule has 0 spiro atoms. The number of amides is 1. The second-order valence-electron chi connectivity index (χ2n) is 7.71. The summed E-state index contributed by atoms with van der Waals surface area (Å²) in [4.78, 5) is 25.1. The lowest BCUT2D eigenvalue weighted by Crippen LogP contribution is -2.17. The summed E-state index contributed by atoms with van der Waals surface area (Å²) in [6.45, 7) is 1.93. The summed E-state index contributed by atoms with van der Waals surface area (Å²) in [6, 6.07) is 20.9. The fourth-order valence-electron chi connectivity index (χ4n) is 3.39. The summed E-state index contributed by atoms with van der Waals surface area (Å²) in [5, 5.41) is 15.9. The van der Waals surface area contributed by atoms with Crippen LogP contribution in [0.1, 0.15) is 31.8 Å². The quantitative estimate of drug-likeness (QED) is 0.145. The monoisotopic (exact) mass is 532 g/mol. The number of phenolic OH excluding ortho intramolecular Hbond substituents is 1. The summed E-state index contributed by atoms with van der Waals surface area (Å²) < 4.78 is 11.4. The molecule has 4 aromatic carbocycles. The number of benzene rings is 4. The van der Waals surface area contributed by atoms with Crippen molar-refractivity contribution in [2.24, 2.45) is 5.10 Å². The number of hydrogen-bond acceptors (Lipinski definition) is 6. The van der Waals surface area contributed by atoms with Crippen molar-refractivity contribution in [1.82, 2.24) is 5.43 Å². The molecule has 7 nitrogen and oxygen atoms in total. The minimum atomic E-state index is -0.556. The Bertz CT molecular complexity index is 1450. The first-order chi connectivity index (χ1) is 16.9. The zero-order chi connectivity index (χ0) is 24.9. The third-order valence-electron chi connectivity index (χ3n) is 5.22. The van der Waals surface area contributed by atoms with E-state index in [4.69, 9.17) is 9.47 Å². The lowest BCUT2D eigenvalue weighted by atomic mass is 10.1. The summed E-state index contributed by atoms with van der Waals surface area (Å²) in [5.74, 6) is -0.687. The first-order valence-corrected chi connectivity index (χ1v) is 11.4. The molecule has 0 atom stereocenters. The number of hydrogen-bond donors (Lipinski definition) is 2. The number of hydrazone groups is 1. The van der Waals surface area contributed by atoms with Crippen molar-refractivity contribution >= 4 is 44.8 Å². The first-order valence-electron chi connectivity index (χ1n) is 10.6. The van der Waals surface area contributed by atoms with Gasteiger partial charge >= 0.3 is 5.97 Å². The highest BCUT2D eigenvalue weighted by atomic mass is 79.9. The highest BCUT2D eigenvalue weighted by Crippen LogP contribution is 2.37.